The van der Waals surface area contributed by atoms with E-state index in [-0.39, 0.29) is 0 Å². The summed E-state index contributed by atoms with van der Waals surface area (Å²) in [6, 6.07) is 8.40. The number of fused-ring (bicyclic) bond motifs is 1. The Bertz CT molecular complexity index is 415. The highest BCUT2D eigenvalue weighted by atomic mass is 15.0. The zero-order valence-electron chi connectivity index (χ0n) is 8.02. The Kier molecular flexibility index (Phi) is 1.97. The average molecular weight is 174 g/mol. The minimum atomic E-state index is 1.06. The Hall–Kier alpha value is -1.44. The van der Waals surface area contributed by atoms with Gasteiger partial charge in [0.1, 0.15) is 5.82 Å². The van der Waals surface area contributed by atoms with Crippen LogP contribution < -0.4 is 5.32 Å². The van der Waals surface area contributed by atoms with Gasteiger partial charge in [-0.2, -0.15) is 0 Å². The van der Waals surface area contributed by atoms with Crippen molar-refractivity contribution < 1.29 is 0 Å². The summed E-state index contributed by atoms with van der Waals surface area (Å²) in [6.45, 7) is 2.18. The molecule has 2 aromatic rings. The van der Waals surface area contributed by atoms with Crippen molar-refractivity contribution in [3.8, 4) is 0 Å². The van der Waals surface area contributed by atoms with Crippen LogP contribution >= 0.6 is 0 Å². The molecular weight excluding hydrogens is 160 g/mol. The third-order valence-electron chi connectivity index (χ3n) is 2.42. The van der Waals surface area contributed by atoms with Gasteiger partial charge in [-0.1, -0.05) is 25.1 Å². The normalized spacial score (nSPS) is 10.6. The van der Waals surface area contributed by atoms with E-state index >= 15 is 0 Å². The minimum absolute atomic E-state index is 1.06. The van der Waals surface area contributed by atoms with Gasteiger partial charge in [0.25, 0.3) is 0 Å². The monoisotopic (exact) mass is 174 g/mol. The second-order valence-corrected chi connectivity index (χ2v) is 3.13. The molecule has 1 heterocycles. The molecule has 0 spiro atoms. The van der Waals surface area contributed by atoms with Gasteiger partial charge in [-0.25, -0.2) is 0 Å². The third kappa shape index (κ3) is 1.18. The number of hydrogen-bond donors (Lipinski definition) is 2. The Balaban J connectivity index is 2.73. The molecule has 13 heavy (non-hydrogen) atoms. The van der Waals surface area contributed by atoms with Gasteiger partial charge in [-0.3, -0.25) is 0 Å². The summed E-state index contributed by atoms with van der Waals surface area (Å²) >= 11 is 0. The van der Waals surface area contributed by atoms with Gasteiger partial charge in [0.15, 0.2) is 0 Å². The van der Waals surface area contributed by atoms with E-state index in [1.807, 2.05) is 7.05 Å². The molecule has 0 unspecified atom stereocenters. The van der Waals surface area contributed by atoms with E-state index in [4.69, 9.17) is 0 Å². The summed E-state index contributed by atoms with van der Waals surface area (Å²) in [6.07, 6.45) is 1.06. The molecular formula is C11H14N2. The molecule has 2 nitrogen and oxygen atoms in total. The minimum Gasteiger partial charge on any atom is -0.374 e. The average Bonchev–Trinajstić information content (AvgIpc) is 2.55. The highest BCUT2D eigenvalue weighted by Gasteiger charge is 2.06. The highest BCUT2D eigenvalue weighted by Crippen LogP contribution is 2.25. The van der Waals surface area contributed by atoms with Crippen LogP contribution in [-0.2, 0) is 6.42 Å². The number of aromatic amines is 1. The van der Waals surface area contributed by atoms with Gasteiger partial charge in [-0.15, -0.1) is 0 Å². The molecule has 2 N–H and O–H groups in total. The quantitative estimate of drug-likeness (QED) is 0.719. The summed E-state index contributed by atoms with van der Waals surface area (Å²) in [4.78, 5) is 3.35. The lowest BCUT2D eigenvalue weighted by Crippen LogP contribution is -1.91. The fourth-order valence-corrected chi connectivity index (χ4v) is 1.78. The first kappa shape index (κ1) is 8.17. The fourth-order valence-electron chi connectivity index (χ4n) is 1.78. The van der Waals surface area contributed by atoms with Gasteiger partial charge in [-0.05, 0) is 12.5 Å². The number of hydrogen-bond acceptors (Lipinski definition) is 1. The van der Waals surface area contributed by atoms with Crippen LogP contribution in [0.3, 0.4) is 0 Å². The van der Waals surface area contributed by atoms with Gasteiger partial charge >= 0.3 is 0 Å². The number of para-hydroxylation sites is 1. The van der Waals surface area contributed by atoms with Gasteiger partial charge < -0.3 is 10.3 Å². The predicted octanol–water partition coefficient (Wildman–Crippen LogP) is 2.77. The molecule has 68 valence electrons. The summed E-state index contributed by atoms with van der Waals surface area (Å²) in [5.41, 5.74) is 2.58. The molecule has 0 amide bonds. The van der Waals surface area contributed by atoms with E-state index in [0.717, 1.165) is 12.2 Å². The molecule has 0 atom stereocenters. The van der Waals surface area contributed by atoms with Crippen molar-refractivity contribution in [1.29, 1.82) is 0 Å². The summed E-state index contributed by atoms with van der Waals surface area (Å²) in [7, 11) is 1.95. The third-order valence-corrected chi connectivity index (χ3v) is 2.42. The van der Waals surface area contributed by atoms with Gasteiger partial charge in [0.05, 0.1) is 0 Å². The van der Waals surface area contributed by atoms with Crippen molar-refractivity contribution in [1.82, 2.24) is 4.98 Å². The van der Waals surface area contributed by atoms with Crippen LogP contribution in [0.25, 0.3) is 10.9 Å². The molecule has 1 aromatic carbocycles. The maximum Gasteiger partial charge on any atom is 0.107 e. The van der Waals surface area contributed by atoms with Gasteiger partial charge in [0, 0.05) is 23.5 Å². The van der Waals surface area contributed by atoms with Crippen LogP contribution in [0, 0.1) is 0 Å². The van der Waals surface area contributed by atoms with Crippen LogP contribution in [0.15, 0.2) is 24.3 Å². The highest BCUT2D eigenvalue weighted by molar-refractivity contribution is 5.88. The Morgan fingerprint density at radius 1 is 1.31 bits per heavy atom. The van der Waals surface area contributed by atoms with E-state index in [1.54, 1.807) is 0 Å². The lowest BCUT2D eigenvalue weighted by Gasteiger charge is -1.98. The lowest BCUT2D eigenvalue weighted by molar-refractivity contribution is 1.15. The van der Waals surface area contributed by atoms with Crippen molar-refractivity contribution in [2.75, 3.05) is 12.4 Å². The largest absolute Gasteiger partial charge is 0.374 e. The lowest BCUT2D eigenvalue weighted by atomic mass is 10.1. The Morgan fingerprint density at radius 2 is 2.08 bits per heavy atom. The first-order valence-electron chi connectivity index (χ1n) is 4.64. The van der Waals surface area contributed by atoms with E-state index in [9.17, 15) is 0 Å². The number of aromatic nitrogens is 1. The molecule has 0 saturated heterocycles. The SMILES string of the molecule is CCc1c(NC)[nH]c2ccccc12. The summed E-state index contributed by atoms with van der Waals surface area (Å²) in [5, 5.41) is 4.51. The first-order chi connectivity index (χ1) is 6.36. The van der Waals surface area contributed by atoms with Crippen LogP contribution in [0.1, 0.15) is 12.5 Å². The van der Waals surface area contributed by atoms with E-state index in [1.165, 1.54) is 16.5 Å². The predicted molar refractivity (Wildman–Crippen MR) is 57.2 cm³/mol. The van der Waals surface area contributed by atoms with Crippen LogP contribution in [-0.4, -0.2) is 12.0 Å². The number of H-pyrrole nitrogens is 1. The second-order valence-electron chi connectivity index (χ2n) is 3.13. The second kappa shape index (κ2) is 3.13. The molecule has 0 aliphatic heterocycles. The van der Waals surface area contributed by atoms with E-state index in [0.29, 0.717) is 0 Å². The molecule has 0 fully saturated rings. The molecule has 2 heteroatoms. The number of rotatable bonds is 2. The number of anilines is 1. The molecule has 1 aromatic heterocycles. The van der Waals surface area contributed by atoms with Crippen molar-refractivity contribution in [3.05, 3.63) is 29.8 Å². The Labute approximate surface area is 78.0 Å². The Morgan fingerprint density at radius 3 is 2.77 bits per heavy atom. The van der Waals surface area contributed by atoms with E-state index < -0.39 is 0 Å². The molecule has 2 rings (SSSR count). The van der Waals surface area contributed by atoms with Crippen molar-refractivity contribution in [3.63, 3.8) is 0 Å². The topological polar surface area (TPSA) is 27.8 Å². The van der Waals surface area contributed by atoms with Gasteiger partial charge in [0.2, 0.25) is 0 Å². The van der Waals surface area contributed by atoms with Crippen molar-refractivity contribution in [2.24, 2.45) is 0 Å². The smallest absolute Gasteiger partial charge is 0.107 e. The number of aryl methyl sites for hydroxylation is 1. The maximum absolute atomic E-state index is 3.35. The summed E-state index contributed by atoms with van der Waals surface area (Å²) < 4.78 is 0. The number of nitrogens with one attached hydrogen (secondary N) is 2. The van der Waals surface area contributed by atoms with Crippen LogP contribution in [0.5, 0.6) is 0 Å². The standard InChI is InChI=1S/C11H14N2/c1-3-8-9-6-4-5-7-10(9)13-11(8)12-2/h4-7,12-13H,3H2,1-2H3. The number of benzene rings is 1. The summed E-state index contributed by atoms with van der Waals surface area (Å²) in [5.74, 6) is 1.14. The first-order valence-corrected chi connectivity index (χ1v) is 4.64. The van der Waals surface area contributed by atoms with Crippen molar-refractivity contribution in [2.45, 2.75) is 13.3 Å². The zero-order valence-corrected chi connectivity index (χ0v) is 8.02. The molecule has 0 aliphatic rings. The van der Waals surface area contributed by atoms with Crippen LogP contribution in [0.2, 0.25) is 0 Å². The fraction of sp³-hybridized carbons (Fsp3) is 0.273. The maximum atomic E-state index is 3.35. The van der Waals surface area contributed by atoms with Crippen LogP contribution in [0.4, 0.5) is 5.82 Å². The molecule has 0 aliphatic carbocycles. The molecule has 0 radical (unpaired) electrons. The van der Waals surface area contributed by atoms with E-state index in [2.05, 4.69) is 41.5 Å². The molecule has 0 saturated carbocycles. The zero-order chi connectivity index (χ0) is 9.26. The molecule has 0 bridgehead atoms. The van der Waals surface area contributed by atoms with Crippen molar-refractivity contribution >= 4 is 16.7 Å².